The molecule has 0 aliphatic heterocycles. The van der Waals surface area contributed by atoms with Gasteiger partial charge in [-0.25, -0.2) is 0 Å². The van der Waals surface area contributed by atoms with E-state index in [4.69, 9.17) is 0 Å². The summed E-state index contributed by atoms with van der Waals surface area (Å²) in [6.07, 6.45) is 0.427. The van der Waals surface area contributed by atoms with Crippen LogP contribution in [0.3, 0.4) is 0 Å². The molecule has 0 saturated carbocycles. The van der Waals surface area contributed by atoms with Gasteiger partial charge < -0.3 is 10.0 Å². The minimum absolute atomic E-state index is 0.336. The molecule has 1 aromatic carbocycles. The van der Waals surface area contributed by atoms with E-state index >= 15 is 0 Å². The van der Waals surface area contributed by atoms with Crippen LogP contribution in [0.5, 0.6) is 0 Å². The molecule has 1 unspecified atom stereocenters. The molecule has 1 rings (SSSR count). The molecular formula is C16H27NO. The molecule has 2 nitrogen and oxygen atoms in total. The zero-order valence-electron chi connectivity index (χ0n) is 12.4. The summed E-state index contributed by atoms with van der Waals surface area (Å²) in [4.78, 5) is 2.41. The third kappa shape index (κ3) is 4.02. The highest BCUT2D eigenvalue weighted by molar-refractivity contribution is 5.48. The van der Waals surface area contributed by atoms with Gasteiger partial charge in [0.25, 0.3) is 0 Å². The Morgan fingerprint density at radius 1 is 1.06 bits per heavy atom. The van der Waals surface area contributed by atoms with E-state index in [9.17, 15) is 5.11 Å². The van der Waals surface area contributed by atoms with Gasteiger partial charge in [0, 0.05) is 18.3 Å². The van der Waals surface area contributed by atoms with Crippen LogP contribution >= 0.6 is 0 Å². The van der Waals surface area contributed by atoms with Crippen molar-refractivity contribution in [3.63, 3.8) is 0 Å². The Kier molecular flexibility index (Phi) is 5.67. The molecule has 0 aromatic heterocycles. The predicted molar refractivity (Wildman–Crippen MR) is 79.0 cm³/mol. The molecule has 0 aliphatic rings. The Morgan fingerprint density at radius 3 is 2.00 bits per heavy atom. The zero-order chi connectivity index (χ0) is 13.7. The number of aliphatic hydroxyl groups is 1. The van der Waals surface area contributed by atoms with Crippen LogP contribution in [0.1, 0.15) is 52.7 Å². The van der Waals surface area contributed by atoms with E-state index in [1.165, 1.54) is 5.69 Å². The smallest absolute Gasteiger partial charge is 0.0787 e. The number of nitrogens with zero attached hydrogens (tertiary/aromatic N) is 1. The lowest BCUT2D eigenvalue weighted by Crippen LogP contribution is -2.34. The van der Waals surface area contributed by atoms with Crippen LogP contribution in [0, 0.1) is 5.92 Å². The third-order valence-electron chi connectivity index (χ3n) is 3.18. The molecular weight excluding hydrogens is 222 g/mol. The van der Waals surface area contributed by atoms with Crippen molar-refractivity contribution in [2.75, 3.05) is 11.4 Å². The zero-order valence-corrected chi connectivity index (χ0v) is 12.4. The lowest BCUT2D eigenvalue weighted by molar-refractivity contribution is 0.173. The average Bonchev–Trinajstić information content (AvgIpc) is 2.34. The SMILES string of the molecule is CCC(O)c1ccc(N(CC(C)C)C(C)C)cc1. The largest absolute Gasteiger partial charge is 0.388 e. The van der Waals surface area contributed by atoms with Gasteiger partial charge in [-0.1, -0.05) is 32.9 Å². The molecule has 0 fully saturated rings. The molecule has 0 saturated heterocycles. The molecule has 0 radical (unpaired) electrons. The first-order valence-corrected chi connectivity index (χ1v) is 7.00. The van der Waals surface area contributed by atoms with Crippen molar-refractivity contribution < 1.29 is 5.11 Å². The van der Waals surface area contributed by atoms with Gasteiger partial charge in [0.15, 0.2) is 0 Å². The first kappa shape index (κ1) is 15.0. The van der Waals surface area contributed by atoms with Gasteiger partial charge in [0.2, 0.25) is 0 Å². The second kappa shape index (κ2) is 6.79. The first-order chi connectivity index (χ1) is 8.45. The van der Waals surface area contributed by atoms with E-state index in [0.717, 1.165) is 18.5 Å². The molecule has 0 spiro atoms. The van der Waals surface area contributed by atoms with Crippen LogP contribution in [0.25, 0.3) is 0 Å². The maximum atomic E-state index is 9.80. The summed E-state index contributed by atoms with van der Waals surface area (Å²) in [5, 5.41) is 9.80. The average molecular weight is 249 g/mol. The summed E-state index contributed by atoms with van der Waals surface area (Å²) in [6, 6.07) is 8.82. The fraction of sp³-hybridized carbons (Fsp3) is 0.625. The van der Waals surface area contributed by atoms with Crippen molar-refractivity contribution >= 4 is 5.69 Å². The number of rotatable bonds is 6. The molecule has 2 heteroatoms. The maximum absolute atomic E-state index is 9.80. The molecule has 0 aliphatic carbocycles. The second-order valence-corrected chi connectivity index (χ2v) is 5.66. The second-order valence-electron chi connectivity index (χ2n) is 5.66. The topological polar surface area (TPSA) is 23.5 Å². The van der Waals surface area contributed by atoms with Gasteiger partial charge in [0.1, 0.15) is 0 Å². The Balaban J connectivity index is 2.86. The van der Waals surface area contributed by atoms with E-state index in [-0.39, 0.29) is 6.10 Å². The Morgan fingerprint density at radius 2 is 1.61 bits per heavy atom. The van der Waals surface area contributed by atoms with Crippen molar-refractivity contribution in [2.45, 2.75) is 53.2 Å². The normalized spacial score (nSPS) is 13.1. The van der Waals surface area contributed by atoms with Crippen LogP contribution < -0.4 is 4.90 Å². The fourth-order valence-corrected chi connectivity index (χ4v) is 2.13. The standard InChI is InChI=1S/C16H27NO/c1-6-16(18)14-7-9-15(10-8-14)17(13(4)5)11-12(2)3/h7-10,12-13,16,18H,6,11H2,1-5H3. The lowest BCUT2D eigenvalue weighted by atomic mass is 10.1. The van der Waals surface area contributed by atoms with Crippen LogP contribution in [-0.2, 0) is 0 Å². The predicted octanol–water partition coefficient (Wildman–Crippen LogP) is 4.00. The minimum Gasteiger partial charge on any atom is -0.388 e. The van der Waals surface area contributed by atoms with E-state index in [2.05, 4.69) is 44.7 Å². The Hall–Kier alpha value is -1.02. The third-order valence-corrected chi connectivity index (χ3v) is 3.18. The summed E-state index contributed by atoms with van der Waals surface area (Å²) in [6.45, 7) is 12.0. The molecule has 0 amide bonds. The highest BCUT2D eigenvalue weighted by Gasteiger charge is 2.13. The fourth-order valence-electron chi connectivity index (χ4n) is 2.13. The Bertz CT molecular complexity index is 343. The van der Waals surface area contributed by atoms with Gasteiger partial charge in [-0.3, -0.25) is 0 Å². The minimum atomic E-state index is -0.336. The molecule has 1 aromatic rings. The van der Waals surface area contributed by atoms with E-state index < -0.39 is 0 Å². The van der Waals surface area contributed by atoms with Gasteiger partial charge in [-0.05, 0) is 43.9 Å². The van der Waals surface area contributed by atoms with Crippen molar-refractivity contribution in [1.82, 2.24) is 0 Å². The summed E-state index contributed by atoms with van der Waals surface area (Å²) < 4.78 is 0. The van der Waals surface area contributed by atoms with Gasteiger partial charge in [-0.2, -0.15) is 0 Å². The van der Waals surface area contributed by atoms with Crippen LogP contribution in [0.2, 0.25) is 0 Å². The van der Waals surface area contributed by atoms with Crippen molar-refractivity contribution in [1.29, 1.82) is 0 Å². The molecule has 18 heavy (non-hydrogen) atoms. The number of benzene rings is 1. The first-order valence-electron chi connectivity index (χ1n) is 7.00. The molecule has 0 bridgehead atoms. The van der Waals surface area contributed by atoms with E-state index in [1.54, 1.807) is 0 Å². The van der Waals surface area contributed by atoms with Crippen molar-refractivity contribution in [2.24, 2.45) is 5.92 Å². The highest BCUT2D eigenvalue weighted by Crippen LogP contribution is 2.23. The monoisotopic (exact) mass is 249 g/mol. The molecule has 0 heterocycles. The Labute approximate surface area is 112 Å². The number of anilines is 1. The van der Waals surface area contributed by atoms with Crippen molar-refractivity contribution in [3.05, 3.63) is 29.8 Å². The van der Waals surface area contributed by atoms with E-state index in [1.807, 2.05) is 19.1 Å². The summed E-state index contributed by atoms with van der Waals surface area (Å²) >= 11 is 0. The van der Waals surface area contributed by atoms with Gasteiger partial charge in [-0.15, -0.1) is 0 Å². The van der Waals surface area contributed by atoms with Gasteiger partial charge in [0.05, 0.1) is 6.10 Å². The summed E-state index contributed by atoms with van der Waals surface area (Å²) in [5.41, 5.74) is 2.25. The van der Waals surface area contributed by atoms with E-state index in [0.29, 0.717) is 12.0 Å². The summed E-state index contributed by atoms with van der Waals surface area (Å²) in [5.74, 6) is 0.647. The quantitative estimate of drug-likeness (QED) is 0.823. The molecule has 102 valence electrons. The lowest BCUT2D eigenvalue weighted by Gasteiger charge is -2.31. The van der Waals surface area contributed by atoms with Crippen LogP contribution in [0.15, 0.2) is 24.3 Å². The van der Waals surface area contributed by atoms with Gasteiger partial charge >= 0.3 is 0 Å². The maximum Gasteiger partial charge on any atom is 0.0787 e. The van der Waals surface area contributed by atoms with Crippen LogP contribution in [-0.4, -0.2) is 17.7 Å². The number of hydrogen-bond acceptors (Lipinski definition) is 2. The van der Waals surface area contributed by atoms with Crippen molar-refractivity contribution in [3.8, 4) is 0 Å². The van der Waals surface area contributed by atoms with Crippen LogP contribution in [0.4, 0.5) is 5.69 Å². The summed E-state index contributed by atoms with van der Waals surface area (Å²) in [7, 11) is 0. The highest BCUT2D eigenvalue weighted by atomic mass is 16.3. The molecule has 1 N–H and O–H groups in total. The number of hydrogen-bond donors (Lipinski definition) is 1. The molecule has 1 atom stereocenters. The number of aliphatic hydroxyl groups excluding tert-OH is 1.